The van der Waals surface area contributed by atoms with E-state index in [2.05, 4.69) is 94.7 Å². The molecule has 1 fully saturated rings. The number of fused-ring (bicyclic) bond motifs is 2. The van der Waals surface area contributed by atoms with Gasteiger partial charge in [0.2, 0.25) is 11.8 Å². The van der Waals surface area contributed by atoms with Gasteiger partial charge in [-0.05, 0) is 118 Å². The van der Waals surface area contributed by atoms with Crippen molar-refractivity contribution in [3.63, 3.8) is 0 Å². The molecule has 0 aromatic heterocycles. The van der Waals surface area contributed by atoms with Crippen LogP contribution in [-0.4, -0.2) is 85.3 Å². The fraction of sp³-hybridized carbons (Fsp3) is 0.222. The van der Waals surface area contributed by atoms with Crippen LogP contribution in [0.4, 0.5) is 11.4 Å². The fourth-order valence-corrected chi connectivity index (χ4v) is 8.69. The number of carbonyl (C=O) groups excluding carboxylic acids is 2. The molecule has 0 radical (unpaired) electrons. The van der Waals surface area contributed by atoms with Crippen LogP contribution in [0.5, 0.6) is 11.5 Å². The summed E-state index contributed by atoms with van der Waals surface area (Å²) in [5.74, 6) is 0.617. The molecule has 0 bridgehead atoms. The van der Waals surface area contributed by atoms with Crippen LogP contribution in [0, 0.1) is 0 Å². The van der Waals surface area contributed by atoms with Gasteiger partial charge in [0, 0.05) is 63.8 Å². The SMILES string of the molecule is CN(C)C(=O)C=Cc1ccc(C2c3ccc(O)cc3CCN2c2ccccc2)cc1.O=C(C=Cc1ccc(C2c3ccc(O)cc3CCN2c2ccccc2)cc1)N1CCOCC1. The number of carbonyl (C=O) groups is 2. The molecule has 3 aliphatic rings. The van der Waals surface area contributed by atoms with Crippen LogP contribution >= 0.6 is 0 Å². The largest absolute Gasteiger partial charge is 0.508 e. The van der Waals surface area contributed by atoms with E-state index >= 15 is 0 Å². The van der Waals surface area contributed by atoms with Crippen molar-refractivity contribution in [1.29, 1.82) is 0 Å². The van der Waals surface area contributed by atoms with Crippen LogP contribution in [0.15, 0.2) is 158 Å². The molecule has 3 heterocycles. The monoisotopic (exact) mass is 838 g/mol. The maximum Gasteiger partial charge on any atom is 0.246 e. The quantitative estimate of drug-likeness (QED) is 0.148. The van der Waals surface area contributed by atoms with Crippen LogP contribution in [-0.2, 0) is 27.2 Å². The summed E-state index contributed by atoms with van der Waals surface area (Å²) in [7, 11) is 3.48. The standard InChI is InChI=1S/C28H28N2O3.C26H26N2O2/c31-25-11-12-26-23(20-25)14-15-30(24-4-2-1-3-5-24)28(26)22-9-6-21(7-10-22)8-13-27(32)29-16-18-33-19-17-29;1-27(2)25(30)15-10-19-8-11-20(12-9-19)26-24-14-13-23(29)18-21(24)16-17-28(26)22-6-4-3-5-7-22/h1-13,20,28,31H,14-19H2;3-15,18,26,29H,16-17H2,1-2H3. The van der Waals surface area contributed by atoms with E-state index in [9.17, 15) is 19.8 Å². The highest BCUT2D eigenvalue weighted by molar-refractivity contribution is 5.92. The molecule has 1 saturated heterocycles. The highest BCUT2D eigenvalue weighted by atomic mass is 16.5. The number of aromatic hydroxyl groups is 2. The molecule has 6 aromatic carbocycles. The zero-order chi connectivity index (χ0) is 43.7. The number of rotatable bonds is 8. The molecule has 63 heavy (non-hydrogen) atoms. The van der Waals surface area contributed by atoms with E-state index in [4.69, 9.17) is 4.74 Å². The Morgan fingerprint density at radius 2 is 1.02 bits per heavy atom. The zero-order valence-corrected chi connectivity index (χ0v) is 35.9. The molecule has 2 N–H and O–H groups in total. The first kappa shape index (κ1) is 42.6. The van der Waals surface area contributed by atoms with Crippen LogP contribution in [0.2, 0.25) is 0 Å². The van der Waals surface area contributed by atoms with E-state index in [-0.39, 0.29) is 23.9 Å². The Bertz CT molecular complexity index is 2550. The normalized spacial score (nSPS) is 17.1. The van der Waals surface area contributed by atoms with Crippen LogP contribution in [0.1, 0.15) is 56.6 Å². The Morgan fingerprint density at radius 1 is 0.571 bits per heavy atom. The smallest absolute Gasteiger partial charge is 0.246 e. The summed E-state index contributed by atoms with van der Waals surface area (Å²) in [4.78, 5) is 32.4. The summed E-state index contributed by atoms with van der Waals surface area (Å²) in [6.45, 7) is 4.26. The lowest BCUT2D eigenvalue weighted by Gasteiger charge is -2.39. The summed E-state index contributed by atoms with van der Waals surface area (Å²) < 4.78 is 5.32. The lowest BCUT2D eigenvalue weighted by atomic mass is 9.87. The Hall–Kier alpha value is -7.10. The van der Waals surface area contributed by atoms with E-state index in [1.165, 1.54) is 44.8 Å². The first-order valence-corrected chi connectivity index (χ1v) is 21.6. The molecular weight excluding hydrogens is 785 g/mol. The summed E-state index contributed by atoms with van der Waals surface area (Å²) in [5.41, 5.74) is 11.5. The van der Waals surface area contributed by atoms with Gasteiger partial charge in [-0.1, -0.05) is 97.1 Å². The van der Waals surface area contributed by atoms with Gasteiger partial charge in [0.05, 0.1) is 25.3 Å². The van der Waals surface area contributed by atoms with Gasteiger partial charge in [-0.2, -0.15) is 0 Å². The molecule has 3 aliphatic heterocycles. The van der Waals surface area contributed by atoms with Gasteiger partial charge >= 0.3 is 0 Å². The number of likely N-dealkylation sites (N-methyl/N-ethyl adjacent to an activating group) is 1. The molecule has 2 amide bonds. The summed E-state index contributed by atoms with van der Waals surface area (Å²) >= 11 is 0. The van der Waals surface area contributed by atoms with E-state index < -0.39 is 0 Å². The van der Waals surface area contributed by atoms with E-state index in [0.717, 1.165) is 37.1 Å². The molecule has 2 atom stereocenters. The van der Waals surface area contributed by atoms with Crippen LogP contribution in [0.25, 0.3) is 12.2 Å². The van der Waals surface area contributed by atoms with Gasteiger partial charge in [-0.25, -0.2) is 0 Å². The third kappa shape index (κ3) is 10.2. The molecular formula is C54H54N4O5. The number of hydrogen-bond acceptors (Lipinski definition) is 7. The molecule has 0 saturated carbocycles. The Morgan fingerprint density at radius 3 is 1.46 bits per heavy atom. The molecule has 0 spiro atoms. The number of morpholine rings is 1. The summed E-state index contributed by atoms with van der Waals surface area (Å²) in [6.07, 6.45) is 8.73. The number of ether oxygens (including phenoxy) is 1. The van der Waals surface area contributed by atoms with Crippen molar-refractivity contribution in [2.24, 2.45) is 0 Å². The first-order valence-electron chi connectivity index (χ1n) is 21.6. The van der Waals surface area contributed by atoms with Crippen molar-refractivity contribution >= 4 is 35.3 Å². The van der Waals surface area contributed by atoms with Gasteiger partial charge in [0.1, 0.15) is 11.5 Å². The first-order chi connectivity index (χ1) is 30.7. The minimum Gasteiger partial charge on any atom is -0.508 e. The molecule has 2 unspecified atom stereocenters. The zero-order valence-electron chi connectivity index (χ0n) is 35.9. The molecule has 9 nitrogen and oxygen atoms in total. The van der Waals surface area contributed by atoms with Crippen molar-refractivity contribution in [3.05, 3.63) is 202 Å². The highest BCUT2D eigenvalue weighted by Crippen LogP contribution is 2.41. The minimum atomic E-state index is -0.0321. The number of amides is 2. The van der Waals surface area contributed by atoms with Crippen LogP contribution < -0.4 is 9.80 Å². The van der Waals surface area contributed by atoms with E-state index in [0.29, 0.717) is 37.8 Å². The topological polar surface area (TPSA) is 96.8 Å². The second-order valence-electron chi connectivity index (χ2n) is 16.3. The number of phenols is 2. The average Bonchev–Trinajstić information content (AvgIpc) is 3.33. The third-order valence-corrected chi connectivity index (χ3v) is 12.0. The van der Waals surface area contributed by atoms with Gasteiger partial charge in [-0.3, -0.25) is 9.59 Å². The average molecular weight is 839 g/mol. The number of nitrogens with zero attached hydrogens (tertiary/aromatic N) is 4. The maximum absolute atomic E-state index is 12.4. The second kappa shape index (κ2) is 19.7. The highest BCUT2D eigenvalue weighted by Gasteiger charge is 2.31. The molecule has 6 aromatic rings. The number of para-hydroxylation sites is 2. The molecule has 9 rings (SSSR count). The van der Waals surface area contributed by atoms with E-state index in [1.807, 2.05) is 65.6 Å². The van der Waals surface area contributed by atoms with Gasteiger partial charge in [-0.15, -0.1) is 0 Å². The van der Waals surface area contributed by atoms with Gasteiger partial charge in [0.25, 0.3) is 0 Å². The summed E-state index contributed by atoms with van der Waals surface area (Å²) in [5, 5.41) is 20.0. The van der Waals surface area contributed by atoms with Crippen molar-refractivity contribution in [2.75, 3.05) is 63.3 Å². The number of benzene rings is 6. The number of phenolic OH excluding ortho intramolecular Hbond substituents is 2. The fourth-order valence-electron chi connectivity index (χ4n) is 8.69. The molecule has 320 valence electrons. The predicted molar refractivity (Wildman–Crippen MR) is 252 cm³/mol. The third-order valence-electron chi connectivity index (χ3n) is 12.0. The van der Waals surface area contributed by atoms with Crippen molar-refractivity contribution in [3.8, 4) is 11.5 Å². The lowest BCUT2D eigenvalue weighted by Crippen LogP contribution is -2.39. The van der Waals surface area contributed by atoms with Crippen LogP contribution in [0.3, 0.4) is 0 Å². The summed E-state index contributed by atoms with van der Waals surface area (Å²) in [6, 6.07) is 49.2. The molecule has 0 aliphatic carbocycles. The van der Waals surface area contributed by atoms with Crippen molar-refractivity contribution in [2.45, 2.75) is 24.9 Å². The predicted octanol–water partition coefficient (Wildman–Crippen LogP) is 9.06. The van der Waals surface area contributed by atoms with Gasteiger partial charge < -0.3 is 34.5 Å². The Kier molecular flexibility index (Phi) is 13.3. The van der Waals surface area contributed by atoms with Crippen molar-refractivity contribution < 1.29 is 24.5 Å². The maximum atomic E-state index is 12.4. The molecule has 9 heteroatoms. The second-order valence-corrected chi connectivity index (χ2v) is 16.3. The van der Waals surface area contributed by atoms with Crippen molar-refractivity contribution in [1.82, 2.24) is 9.80 Å². The van der Waals surface area contributed by atoms with E-state index in [1.54, 1.807) is 43.3 Å². The number of anilines is 2. The lowest BCUT2D eigenvalue weighted by molar-refractivity contribution is -0.129. The Balaban J connectivity index is 0.000000174. The minimum absolute atomic E-state index is 0.0265. The van der Waals surface area contributed by atoms with Gasteiger partial charge in [0.15, 0.2) is 0 Å². The number of hydrogen-bond donors (Lipinski definition) is 2. The Labute approximate surface area is 370 Å².